The van der Waals surface area contributed by atoms with E-state index in [0.29, 0.717) is 25.4 Å². The number of aromatic nitrogens is 2. The topological polar surface area (TPSA) is 50.5 Å². The van der Waals surface area contributed by atoms with Gasteiger partial charge in [0.05, 0.1) is 11.0 Å². The van der Waals surface area contributed by atoms with E-state index < -0.39 is 0 Å². The van der Waals surface area contributed by atoms with Gasteiger partial charge in [-0.15, -0.1) is 0 Å². The summed E-state index contributed by atoms with van der Waals surface area (Å²) in [6, 6.07) is 7.81. The van der Waals surface area contributed by atoms with Crippen molar-refractivity contribution < 1.29 is 4.79 Å². The van der Waals surface area contributed by atoms with E-state index in [2.05, 4.69) is 18.7 Å². The Hall–Kier alpha value is -2.08. The maximum atomic E-state index is 12.7. The Labute approximate surface area is 161 Å². The largest absolute Gasteiger partial charge is 0.340 e. The number of hydrogen-bond acceptors (Lipinski definition) is 3. The fourth-order valence-corrected chi connectivity index (χ4v) is 3.82. The van der Waals surface area contributed by atoms with Crippen LogP contribution in [0.4, 0.5) is 0 Å². The van der Waals surface area contributed by atoms with Crippen molar-refractivity contribution in [2.75, 3.05) is 32.7 Å². The van der Waals surface area contributed by atoms with E-state index >= 15 is 0 Å². The molecule has 1 saturated heterocycles. The Morgan fingerprint density at radius 3 is 2.22 bits per heavy atom. The number of rotatable bonds is 7. The summed E-state index contributed by atoms with van der Waals surface area (Å²) in [4.78, 5) is 29.7. The molecule has 2 aromatic rings. The van der Waals surface area contributed by atoms with Gasteiger partial charge in [0.2, 0.25) is 5.91 Å². The molecule has 6 heteroatoms. The average molecular weight is 373 g/mol. The zero-order chi connectivity index (χ0) is 19.4. The SMILES string of the molecule is CCn1c(=O)n(CCC(=O)N2CCN(CCC(C)C)CC2)c2ccccc21. The highest BCUT2D eigenvalue weighted by molar-refractivity contribution is 5.78. The number of imidazole rings is 1. The molecule has 148 valence electrons. The van der Waals surface area contributed by atoms with Crippen LogP contribution in [0.25, 0.3) is 11.0 Å². The molecule has 1 aromatic carbocycles. The van der Waals surface area contributed by atoms with E-state index in [0.717, 1.165) is 43.8 Å². The summed E-state index contributed by atoms with van der Waals surface area (Å²) < 4.78 is 3.52. The minimum absolute atomic E-state index is 0.0231. The smallest absolute Gasteiger partial charge is 0.329 e. The van der Waals surface area contributed by atoms with Crippen LogP contribution in [0, 0.1) is 5.92 Å². The van der Waals surface area contributed by atoms with Crippen molar-refractivity contribution in [1.82, 2.24) is 18.9 Å². The van der Waals surface area contributed by atoms with Crippen LogP contribution < -0.4 is 5.69 Å². The van der Waals surface area contributed by atoms with Crippen LogP contribution in [-0.2, 0) is 17.9 Å². The minimum atomic E-state index is -0.0231. The first-order valence-corrected chi connectivity index (χ1v) is 10.2. The van der Waals surface area contributed by atoms with Gasteiger partial charge in [0.25, 0.3) is 0 Å². The van der Waals surface area contributed by atoms with Gasteiger partial charge < -0.3 is 4.90 Å². The Morgan fingerprint density at radius 2 is 1.63 bits per heavy atom. The molecule has 0 N–H and O–H groups in total. The van der Waals surface area contributed by atoms with E-state index in [4.69, 9.17) is 0 Å². The normalized spacial score (nSPS) is 15.8. The number of carbonyl (C=O) groups is 1. The highest BCUT2D eigenvalue weighted by Gasteiger charge is 2.21. The number of para-hydroxylation sites is 2. The van der Waals surface area contributed by atoms with Gasteiger partial charge in [0.1, 0.15) is 0 Å². The second-order valence-electron chi connectivity index (χ2n) is 7.82. The van der Waals surface area contributed by atoms with Gasteiger partial charge >= 0.3 is 5.69 Å². The number of amides is 1. The van der Waals surface area contributed by atoms with Crippen LogP contribution in [-0.4, -0.2) is 57.6 Å². The third-order valence-electron chi connectivity index (χ3n) is 5.54. The van der Waals surface area contributed by atoms with Crippen molar-refractivity contribution in [3.05, 3.63) is 34.7 Å². The highest BCUT2D eigenvalue weighted by atomic mass is 16.2. The summed E-state index contributed by atoms with van der Waals surface area (Å²) in [6.45, 7) is 12.2. The lowest BCUT2D eigenvalue weighted by Gasteiger charge is -2.35. The van der Waals surface area contributed by atoms with Crippen molar-refractivity contribution in [3.8, 4) is 0 Å². The number of hydrogen-bond donors (Lipinski definition) is 0. The van der Waals surface area contributed by atoms with Crippen molar-refractivity contribution in [3.63, 3.8) is 0 Å². The number of aryl methyl sites for hydroxylation is 2. The molecule has 1 fully saturated rings. The van der Waals surface area contributed by atoms with Crippen LogP contribution >= 0.6 is 0 Å². The molecule has 0 radical (unpaired) electrons. The number of fused-ring (bicyclic) bond motifs is 1. The fourth-order valence-electron chi connectivity index (χ4n) is 3.82. The quantitative estimate of drug-likeness (QED) is 0.750. The summed E-state index contributed by atoms with van der Waals surface area (Å²) in [5.41, 5.74) is 1.83. The van der Waals surface area contributed by atoms with Crippen LogP contribution in [0.5, 0.6) is 0 Å². The Balaban J connectivity index is 1.58. The van der Waals surface area contributed by atoms with Crippen LogP contribution in [0.2, 0.25) is 0 Å². The first-order chi connectivity index (χ1) is 13.0. The fraction of sp³-hybridized carbons (Fsp3) is 0.619. The van der Waals surface area contributed by atoms with Gasteiger partial charge in [-0.1, -0.05) is 26.0 Å². The molecule has 0 bridgehead atoms. The third-order valence-corrected chi connectivity index (χ3v) is 5.54. The first kappa shape index (κ1) is 19.7. The zero-order valence-corrected chi connectivity index (χ0v) is 16.9. The van der Waals surface area contributed by atoms with E-state index in [-0.39, 0.29) is 11.6 Å². The molecule has 3 rings (SSSR count). The lowest BCUT2D eigenvalue weighted by molar-refractivity contribution is -0.133. The lowest BCUT2D eigenvalue weighted by Crippen LogP contribution is -2.49. The zero-order valence-electron chi connectivity index (χ0n) is 16.9. The highest BCUT2D eigenvalue weighted by Crippen LogP contribution is 2.14. The van der Waals surface area contributed by atoms with E-state index in [1.807, 2.05) is 36.1 Å². The van der Waals surface area contributed by atoms with Crippen LogP contribution in [0.15, 0.2) is 29.1 Å². The van der Waals surface area contributed by atoms with Crippen molar-refractivity contribution in [2.45, 2.75) is 46.7 Å². The number of nitrogens with zero attached hydrogens (tertiary/aromatic N) is 4. The number of piperazine rings is 1. The molecule has 0 atom stereocenters. The van der Waals surface area contributed by atoms with Crippen LogP contribution in [0.1, 0.15) is 33.6 Å². The summed E-state index contributed by atoms with van der Waals surface area (Å²) >= 11 is 0. The predicted octanol–water partition coefficient (Wildman–Crippen LogP) is 2.40. The molecule has 1 aliphatic heterocycles. The maximum Gasteiger partial charge on any atom is 0.329 e. The maximum absolute atomic E-state index is 12.7. The molecule has 1 aliphatic rings. The lowest BCUT2D eigenvalue weighted by atomic mass is 10.1. The molecule has 1 amide bonds. The molecular formula is C21H32N4O2. The minimum Gasteiger partial charge on any atom is -0.340 e. The van der Waals surface area contributed by atoms with E-state index in [9.17, 15) is 9.59 Å². The van der Waals surface area contributed by atoms with Gasteiger partial charge in [0, 0.05) is 45.7 Å². The van der Waals surface area contributed by atoms with Gasteiger partial charge in [-0.05, 0) is 37.9 Å². The Kier molecular flexibility index (Phi) is 6.37. The second kappa shape index (κ2) is 8.74. The van der Waals surface area contributed by atoms with E-state index in [1.54, 1.807) is 9.13 Å². The molecule has 0 spiro atoms. The number of benzene rings is 1. The molecule has 1 aromatic heterocycles. The third kappa shape index (κ3) is 4.43. The predicted molar refractivity (Wildman–Crippen MR) is 109 cm³/mol. The van der Waals surface area contributed by atoms with Crippen molar-refractivity contribution in [1.29, 1.82) is 0 Å². The standard InChI is InChI=1S/C21H32N4O2/c1-4-24-18-7-5-6-8-19(18)25(21(24)27)12-10-20(26)23-15-13-22(14-16-23)11-9-17(2)3/h5-8,17H,4,9-16H2,1-3H3. The molecule has 0 saturated carbocycles. The Bertz CT molecular complexity index is 828. The molecule has 6 nitrogen and oxygen atoms in total. The second-order valence-corrected chi connectivity index (χ2v) is 7.82. The summed E-state index contributed by atoms with van der Waals surface area (Å²) in [5, 5.41) is 0. The molecular weight excluding hydrogens is 340 g/mol. The summed E-state index contributed by atoms with van der Waals surface area (Å²) in [7, 11) is 0. The van der Waals surface area contributed by atoms with Crippen molar-refractivity contribution >= 4 is 16.9 Å². The molecule has 27 heavy (non-hydrogen) atoms. The molecule has 0 aliphatic carbocycles. The molecule has 2 heterocycles. The van der Waals surface area contributed by atoms with Gasteiger partial charge in [-0.3, -0.25) is 18.8 Å². The Morgan fingerprint density at radius 1 is 1.00 bits per heavy atom. The average Bonchev–Trinajstić information content (AvgIpc) is 2.95. The monoisotopic (exact) mass is 372 g/mol. The van der Waals surface area contributed by atoms with Gasteiger partial charge in [-0.2, -0.15) is 0 Å². The molecule has 0 unspecified atom stereocenters. The van der Waals surface area contributed by atoms with Gasteiger partial charge in [-0.25, -0.2) is 4.79 Å². The van der Waals surface area contributed by atoms with Crippen LogP contribution in [0.3, 0.4) is 0 Å². The van der Waals surface area contributed by atoms with E-state index in [1.165, 1.54) is 6.42 Å². The number of carbonyl (C=O) groups excluding carboxylic acids is 1. The first-order valence-electron chi connectivity index (χ1n) is 10.2. The summed E-state index contributed by atoms with van der Waals surface area (Å²) in [6.07, 6.45) is 1.59. The van der Waals surface area contributed by atoms with Gasteiger partial charge in [0.15, 0.2) is 0 Å². The summed E-state index contributed by atoms with van der Waals surface area (Å²) in [5.74, 6) is 0.868. The van der Waals surface area contributed by atoms with Crippen molar-refractivity contribution in [2.24, 2.45) is 5.92 Å².